The maximum atomic E-state index is 12.2. The quantitative estimate of drug-likeness (QED) is 0.919. The molecule has 2 heterocycles. The van der Waals surface area contributed by atoms with E-state index in [1.54, 1.807) is 18.5 Å². The average molecular weight is 320 g/mol. The number of rotatable bonds is 3. The van der Waals surface area contributed by atoms with Gasteiger partial charge in [0.25, 0.3) is 0 Å². The summed E-state index contributed by atoms with van der Waals surface area (Å²) >= 11 is 5.86. The van der Waals surface area contributed by atoms with Crippen LogP contribution < -0.4 is 15.9 Å². The third kappa shape index (κ3) is 3.28. The molecular weight excluding hydrogens is 302 g/mol. The number of hydrogen-bond donors (Lipinski definition) is 1. The zero-order valence-electron chi connectivity index (χ0n) is 12.4. The second kappa shape index (κ2) is 6.46. The second-order valence-corrected chi connectivity index (χ2v) is 5.88. The predicted octanol–water partition coefficient (Wildman–Crippen LogP) is 1.14. The predicted molar refractivity (Wildman–Crippen MR) is 86.5 cm³/mol. The van der Waals surface area contributed by atoms with E-state index in [0.717, 1.165) is 25.2 Å². The van der Waals surface area contributed by atoms with E-state index in [1.807, 2.05) is 12.1 Å². The molecule has 1 fully saturated rings. The maximum Gasteiger partial charge on any atom is 0.352 e. The van der Waals surface area contributed by atoms with Crippen molar-refractivity contribution >= 4 is 17.5 Å². The number of aromatic nitrogens is 3. The van der Waals surface area contributed by atoms with E-state index in [0.29, 0.717) is 17.5 Å². The zero-order chi connectivity index (χ0) is 15.5. The van der Waals surface area contributed by atoms with E-state index in [9.17, 15) is 4.79 Å². The Labute approximate surface area is 133 Å². The molecule has 7 heteroatoms. The van der Waals surface area contributed by atoms with Crippen molar-refractivity contribution in [2.24, 2.45) is 0 Å². The van der Waals surface area contributed by atoms with Crippen molar-refractivity contribution < 1.29 is 0 Å². The van der Waals surface area contributed by atoms with Gasteiger partial charge in [0.05, 0.1) is 6.54 Å². The van der Waals surface area contributed by atoms with Gasteiger partial charge in [0.1, 0.15) is 6.33 Å². The summed E-state index contributed by atoms with van der Waals surface area (Å²) in [6.07, 6.45) is 1.56. The van der Waals surface area contributed by atoms with E-state index in [1.165, 1.54) is 4.57 Å². The van der Waals surface area contributed by atoms with Gasteiger partial charge in [-0.15, -0.1) is 0 Å². The van der Waals surface area contributed by atoms with E-state index >= 15 is 0 Å². The van der Waals surface area contributed by atoms with Gasteiger partial charge in [-0.05, 0) is 24.6 Å². The lowest BCUT2D eigenvalue weighted by Gasteiger charge is -2.33. The lowest BCUT2D eigenvalue weighted by atomic mass is 10.2. The van der Waals surface area contributed by atoms with Crippen LogP contribution in [0.3, 0.4) is 0 Å². The molecule has 22 heavy (non-hydrogen) atoms. The molecule has 1 N–H and O–H groups in total. The highest BCUT2D eigenvalue weighted by molar-refractivity contribution is 6.30. The van der Waals surface area contributed by atoms with Crippen molar-refractivity contribution in [3.63, 3.8) is 0 Å². The van der Waals surface area contributed by atoms with Crippen molar-refractivity contribution in [2.75, 3.05) is 24.5 Å². The number of benzene rings is 1. The molecule has 1 aromatic heterocycles. The molecule has 0 saturated carbocycles. The molecule has 116 valence electrons. The number of nitrogens with one attached hydrogen (secondary N) is 1. The number of halogens is 1. The van der Waals surface area contributed by atoms with Gasteiger partial charge in [-0.2, -0.15) is 4.98 Å². The first kappa shape index (κ1) is 15.0. The third-order valence-electron chi connectivity index (χ3n) is 3.78. The number of hydrogen-bond acceptors (Lipinski definition) is 5. The van der Waals surface area contributed by atoms with Crippen LogP contribution in [0.25, 0.3) is 0 Å². The fraction of sp³-hybridized carbons (Fsp3) is 0.400. The minimum absolute atomic E-state index is 0.278. The van der Waals surface area contributed by atoms with E-state index in [-0.39, 0.29) is 11.7 Å². The number of anilines is 1. The molecule has 1 aliphatic heterocycles. The van der Waals surface area contributed by atoms with Crippen LogP contribution >= 0.6 is 11.6 Å². The van der Waals surface area contributed by atoms with E-state index < -0.39 is 0 Å². The van der Waals surface area contributed by atoms with Crippen LogP contribution in [0.2, 0.25) is 5.02 Å². The highest BCUT2D eigenvalue weighted by Gasteiger charge is 2.20. The van der Waals surface area contributed by atoms with Gasteiger partial charge in [-0.1, -0.05) is 23.7 Å². The highest BCUT2D eigenvalue weighted by Crippen LogP contribution is 2.12. The molecule has 6 nitrogen and oxygen atoms in total. The van der Waals surface area contributed by atoms with Gasteiger partial charge in [-0.3, -0.25) is 4.57 Å². The van der Waals surface area contributed by atoms with Gasteiger partial charge in [0, 0.05) is 30.7 Å². The van der Waals surface area contributed by atoms with Crippen molar-refractivity contribution in [1.29, 1.82) is 0 Å². The molecule has 2 aromatic rings. The Bertz CT molecular complexity index is 700. The summed E-state index contributed by atoms with van der Waals surface area (Å²) in [6.45, 7) is 5.09. The number of piperazine rings is 1. The summed E-state index contributed by atoms with van der Waals surface area (Å²) in [6, 6.07) is 7.67. The van der Waals surface area contributed by atoms with Crippen LogP contribution in [-0.4, -0.2) is 40.2 Å². The van der Waals surface area contributed by atoms with Crippen LogP contribution in [0.5, 0.6) is 0 Å². The van der Waals surface area contributed by atoms with Gasteiger partial charge >= 0.3 is 5.69 Å². The van der Waals surface area contributed by atoms with Gasteiger partial charge in [0.2, 0.25) is 5.95 Å². The van der Waals surface area contributed by atoms with Crippen molar-refractivity contribution in [1.82, 2.24) is 19.9 Å². The molecule has 0 bridgehead atoms. The molecule has 3 rings (SSSR count). The average Bonchev–Trinajstić information content (AvgIpc) is 2.52. The van der Waals surface area contributed by atoms with Crippen LogP contribution in [0.15, 0.2) is 35.4 Å². The maximum absolute atomic E-state index is 12.2. The van der Waals surface area contributed by atoms with Crippen LogP contribution in [0.1, 0.15) is 12.5 Å². The summed E-state index contributed by atoms with van der Waals surface area (Å²) in [7, 11) is 0. The second-order valence-electron chi connectivity index (χ2n) is 5.44. The minimum Gasteiger partial charge on any atom is -0.335 e. The summed E-state index contributed by atoms with van der Waals surface area (Å²) in [4.78, 5) is 22.7. The molecular formula is C15H18ClN5O. The van der Waals surface area contributed by atoms with E-state index in [2.05, 4.69) is 27.1 Å². The topological polar surface area (TPSA) is 63.1 Å². The Kier molecular flexibility index (Phi) is 4.40. The largest absolute Gasteiger partial charge is 0.352 e. The summed E-state index contributed by atoms with van der Waals surface area (Å²) < 4.78 is 1.50. The Morgan fingerprint density at radius 1 is 1.36 bits per heavy atom. The fourth-order valence-electron chi connectivity index (χ4n) is 2.52. The highest BCUT2D eigenvalue weighted by atomic mass is 35.5. The minimum atomic E-state index is -0.286. The van der Waals surface area contributed by atoms with Crippen LogP contribution in [-0.2, 0) is 6.54 Å². The molecule has 0 amide bonds. The SMILES string of the molecule is CC1CNCCN1c1ncn(Cc2ccc(Cl)cc2)c(=O)n1. The van der Waals surface area contributed by atoms with Crippen molar-refractivity contribution in [3.05, 3.63) is 51.7 Å². The summed E-state index contributed by atoms with van der Waals surface area (Å²) in [5.74, 6) is 0.506. The van der Waals surface area contributed by atoms with Gasteiger partial charge in [0.15, 0.2) is 0 Å². The summed E-state index contributed by atoms with van der Waals surface area (Å²) in [5.41, 5.74) is 0.698. The molecule has 0 radical (unpaired) electrons. The van der Waals surface area contributed by atoms with Gasteiger partial charge < -0.3 is 10.2 Å². The monoisotopic (exact) mass is 319 g/mol. The van der Waals surface area contributed by atoms with Crippen LogP contribution in [0, 0.1) is 0 Å². The lowest BCUT2D eigenvalue weighted by Crippen LogP contribution is -2.51. The zero-order valence-corrected chi connectivity index (χ0v) is 13.1. The Balaban J connectivity index is 1.80. The molecule has 0 spiro atoms. The van der Waals surface area contributed by atoms with Crippen LogP contribution in [0.4, 0.5) is 5.95 Å². The first-order valence-corrected chi connectivity index (χ1v) is 7.66. The smallest absolute Gasteiger partial charge is 0.335 e. The normalized spacial score (nSPS) is 18.5. The Morgan fingerprint density at radius 3 is 2.82 bits per heavy atom. The molecule has 0 aliphatic carbocycles. The first-order chi connectivity index (χ1) is 10.6. The van der Waals surface area contributed by atoms with Crippen molar-refractivity contribution in [3.8, 4) is 0 Å². The molecule has 1 saturated heterocycles. The first-order valence-electron chi connectivity index (χ1n) is 7.29. The molecule has 1 aliphatic rings. The Morgan fingerprint density at radius 2 is 2.14 bits per heavy atom. The fourth-order valence-corrected chi connectivity index (χ4v) is 2.65. The van der Waals surface area contributed by atoms with Gasteiger partial charge in [-0.25, -0.2) is 9.78 Å². The lowest BCUT2D eigenvalue weighted by molar-refractivity contribution is 0.489. The standard InChI is InChI=1S/C15H18ClN5O/c1-11-8-17-6-7-21(11)14-18-10-20(15(22)19-14)9-12-2-4-13(16)5-3-12/h2-5,10-11,17H,6-9H2,1H3. The molecule has 1 atom stereocenters. The summed E-state index contributed by atoms with van der Waals surface area (Å²) in [5, 5.41) is 3.98. The van der Waals surface area contributed by atoms with Crippen molar-refractivity contribution in [2.45, 2.75) is 19.5 Å². The van der Waals surface area contributed by atoms with E-state index in [4.69, 9.17) is 11.6 Å². The third-order valence-corrected chi connectivity index (χ3v) is 4.03. The Hall–Kier alpha value is -1.92. The molecule has 1 aromatic carbocycles. The molecule has 1 unspecified atom stereocenters. The number of nitrogens with zero attached hydrogens (tertiary/aromatic N) is 4.